The third-order valence-corrected chi connectivity index (χ3v) is 4.82. The lowest BCUT2D eigenvalue weighted by Crippen LogP contribution is -3.10. The first-order valence-corrected chi connectivity index (χ1v) is 8.58. The largest absolute Gasteiger partial charge is 0.322 e. The zero-order chi connectivity index (χ0) is 16.4. The molecule has 0 unspecified atom stereocenters. The molecule has 1 saturated heterocycles. The van der Waals surface area contributed by atoms with E-state index in [1.165, 1.54) is 37.1 Å². The lowest BCUT2D eigenvalue weighted by Gasteiger charge is -2.24. The van der Waals surface area contributed by atoms with Crippen molar-refractivity contribution in [2.45, 2.75) is 25.8 Å². The molecule has 0 aliphatic carbocycles. The van der Waals surface area contributed by atoms with Gasteiger partial charge < -0.3 is 4.90 Å². The fourth-order valence-corrected chi connectivity index (χ4v) is 3.57. The topological polar surface area (TPSA) is 48.0 Å². The van der Waals surface area contributed by atoms with Crippen molar-refractivity contribution < 1.29 is 4.90 Å². The molecular formula is C19H22N5+. The molecule has 4 rings (SSSR count). The summed E-state index contributed by atoms with van der Waals surface area (Å²) in [5, 5.41) is 12.7. The zero-order valence-corrected chi connectivity index (χ0v) is 13.9. The van der Waals surface area contributed by atoms with Gasteiger partial charge in [0.25, 0.3) is 0 Å². The van der Waals surface area contributed by atoms with Crippen LogP contribution in [0.1, 0.15) is 35.8 Å². The first kappa shape index (κ1) is 15.0. The van der Waals surface area contributed by atoms with Gasteiger partial charge in [-0.1, -0.05) is 48.0 Å². The quantitative estimate of drug-likeness (QED) is 0.796. The van der Waals surface area contributed by atoms with Gasteiger partial charge in [-0.2, -0.15) is 4.68 Å². The minimum atomic E-state index is 0.171. The number of tetrazole rings is 1. The highest BCUT2D eigenvalue weighted by Crippen LogP contribution is 2.20. The normalized spacial score (nSPS) is 16.4. The molecule has 1 aromatic heterocycles. The van der Waals surface area contributed by atoms with Crippen LogP contribution in [-0.4, -0.2) is 33.3 Å². The Morgan fingerprint density at radius 1 is 0.958 bits per heavy atom. The number of likely N-dealkylation sites (tertiary alicyclic amines) is 1. The molecule has 1 aliphatic heterocycles. The molecule has 1 atom stereocenters. The van der Waals surface area contributed by atoms with Crippen LogP contribution in [0.25, 0.3) is 5.69 Å². The van der Waals surface area contributed by atoms with E-state index in [-0.39, 0.29) is 6.04 Å². The summed E-state index contributed by atoms with van der Waals surface area (Å²) < 4.78 is 1.89. The third-order valence-electron chi connectivity index (χ3n) is 4.82. The molecule has 3 aromatic rings. The highest BCUT2D eigenvalue weighted by molar-refractivity contribution is 5.35. The lowest BCUT2D eigenvalue weighted by atomic mass is 10.0. The van der Waals surface area contributed by atoms with E-state index in [0.717, 1.165) is 11.5 Å². The van der Waals surface area contributed by atoms with E-state index in [1.54, 1.807) is 4.90 Å². The van der Waals surface area contributed by atoms with E-state index in [9.17, 15) is 0 Å². The first-order valence-electron chi connectivity index (χ1n) is 8.58. The van der Waals surface area contributed by atoms with Gasteiger partial charge in [-0.05, 0) is 29.5 Å². The Bertz CT molecular complexity index is 788. The van der Waals surface area contributed by atoms with Gasteiger partial charge in [-0.15, -0.1) is 5.10 Å². The first-order chi connectivity index (χ1) is 11.8. The summed E-state index contributed by atoms with van der Waals surface area (Å²) in [6, 6.07) is 19.1. The van der Waals surface area contributed by atoms with Gasteiger partial charge in [-0.3, -0.25) is 0 Å². The van der Waals surface area contributed by atoms with E-state index in [4.69, 9.17) is 0 Å². The molecule has 0 spiro atoms. The molecule has 1 N–H and O–H groups in total. The number of hydrogen-bond donors (Lipinski definition) is 1. The molecule has 5 nitrogen and oxygen atoms in total. The van der Waals surface area contributed by atoms with Crippen molar-refractivity contribution in [1.82, 2.24) is 20.2 Å². The molecule has 0 saturated carbocycles. The number of aromatic nitrogens is 4. The van der Waals surface area contributed by atoms with Gasteiger partial charge in [0.05, 0.1) is 18.8 Å². The van der Waals surface area contributed by atoms with E-state index >= 15 is 0 Å². The number of nitrogens with zero attached hydrogens (tertiary/aromatic N) is 4. The second kappa shape index (κ2) is 6.53. The summed E-state index contributed by atoms with van der Waals surface area (Å²) in [6.45, 7) is 4.42. The maximum atomic E-state index is 4.42. The predicted octanol–water partition coefficient (Wildman–Crippen LogP) is 1.74. The second-order valence-corrected chi connectivity index (χ2v) is 6.49. The SMILES string of the molecule is Cc1ccc(-n2nnnc2[C@@H](c2ccccc2)[NH+]2CCCC2)cc1. The molecule has 0 radical (unpaired) electrons. The van der Waals surface area contributed by atoms with E-state index < -0.39 is 0 Å². The van der Waals surface area contributed by atoms with Crippen LogP contribution in [0.5, 0.6) is 0 Å². The summed E-state index contributed by atoms with van der Waals surface area (Å²) >= 11 is 0. The monoisotopic (exact) mass is 320 g/mol. The molecule has 122 valence electrons. The van der Waals surface area contributed by atoms with E-state index in [2.05, 4.69) is 77.0 Å². The molecule has 5 heteroatoms. The van der Waals surface area contributed by atoms with Crippen molar-refractivity contribution >= 4 is 0 Å². The fourth-order valence-electron chi connectivity index (χ4n) is 3.57. The number of nitrogens with one attached hydrogen (secondary N) is 1. The molecule has 24 heavy (non-hydrogen) atoms. The van der Waals surface area contributed by atoms with Crippen molar-refractivity contribution in [3.63, 3.8) is 0 Å². The Kier molecular flexibility index (Phi) is 4.09. The third kappa shape index (κ3) is 2.83. The fraction of sp³-hybridized carbons (Fsp3) is 0.316. The zero-order valence-electron chi connectivity index (χ0n) is 13.9. The molecule has 1 aliphatic rings. The Labute approximate surface area is 141 Å². The molecule has 0 bridgehead atoms. The predicted molar refractivity (Wildman–Crippen MR) is 92.1 cm³/mol. The van der Waals surface area contributed by atoms with E-state index in [1.807, 2.05) is 4.68 Å². The van der Waals surface area contributed by atoms with Gasteiger partial charge in [0.2, 0.25) is 5.82 Å². The summed E-state index contributed by atoms with van der Waals surface area (Å²) in [6.07, 6.45) is 2.54. The smallest absolute Gasteiger partial charge is 0.218 e. The number of quaternary nitrogens is 1. The van der Waals surface area contributed by atoms with Crippen LogP contribution in [0, 0.1) is 6.92 Å². The maximum absolute atomic E-state index is 4.42. The van der Waals surface area contributed by atoms with Crippen LogP contribution in [0.15, 0.2) is 54.6 Å². The van der Waals surface area contributed by atoms with Crippen LogP contribution in [0.4, 0.5) is 0 Å². The molecular weight excluding hydrogens is 298 g/mol. The highest BCUT2D eigenvalue weighted by Gasteiger charge is 2.33. The number of rotatable bonds is 4. The minimum absolute atomic E-state index is 0.171. The number of aryl methyl sites for hydroxylation is 1. The van der Waals surface area contributed by atoms with Gasteiger partial charge in [-0.25, -0.2) is 0 Å². The van der Waals surface area contributed by atoms with Crippen LogP contribution >= 0.6 is 0 Å². The summed E-state index contributed by atoms with van der Waals surface area (Å²) in [5.41, 5.74) is 3.52. The van der Waals surface area contributed by atoms with Gasteiger partial charge in [0, 0.05) is 18.4 Å². The van der Waals surface area contributed by atoms with Crippen LogP contribution in [0.2, 0.25) is 0 Å². The van der Waals surface area contributed by atoms with Crippen molar-refractivity contribution in [3.05, 3.63) is 71.5 Å². The summed E-state index contributed by atoms with van der Waals surface area (Å²) in [5.74, 6) is 0.918. The molecule has 2 aromatic carbocycles. The Morgan fingerprint density at radius 2 is 1.67 bits per heavy atom. The average Bonchev–Trinajstić information content (AvgIpc) is 3.30. The summed E-state index contributed by atoms with van der Waals surface area (Å²) in [7, 11) is 0. The highest BCUT2D eigenvalue weighted by atomic mass is 15.6. The van der Waals surface area contributed by atoms with Crippen molar-refractivity contribution in [2.24, 2.45) is 0 Å². The van der Waals surface area contributed by atoms with Crippen LogP contribution in [0.3, 0.4) is 0 Å². The summed E-state index contributed by atoms with van der Waals surface area (Å²) in [4.78, 5) is 1.55. The molecule has 2 heterocycles. The van der Waals surface area contributed by atoms with E-state index in [0.29, 0.717) is 0 Å². The van der Waals surface area contributed by atoms with Gasteiger partial charge in [0.15, 0.2) is 6.04 Å². The standard InChI is InChI=1S/C19H21N5/c1-15-9-11-17(12-10-15)24-19(20-21-22-24)18(23-13-5-6-14-23)16-7-3-2-4-8-16/h2-4,7-12,18H,5-6,13-14H2,1H3/p+1/t18-/m1/s1. The molecule has 0 amide bonds. The Balaban J connectivity index is 1.79. The van der Waals surface area contributed by atoms with Crippen molar-refractivity contribution in [3.8, 4) is 5.69 Å². The van der Waals surface area contributed by atoms with Crippen LogP contribution in [-0.2, 0) is 0 Å². The minimum Gasteiger partial charge on any atom is -0.322 e. The number of benzene rings is 2. The average molecular weight is 320 g/mol. The van der Waals surface area contributed by atoms with Gasteiger partial charge >= 0.3 is 0 Å². The van der Waals surface area contributed by atoms with Crippen molar-refractivity contribution in [1.29, 1.82) is 0 Å². The molecule has 1 fully saturated rings. The Morgan fingerprint density at radius 3 is 2.38 bits per heavy atom. The lowest BCUT2D eigenvalue weighted by molar-refractivity contribution is -0.914. The second-order valence-electron chi connectivity index (χ2n) is 6.49. The van der Waals surface area contributed by atoms with Crippen molar-refractivity contribution in [2.75, 3.05) is 13.1 Å². The maximum Gasteiger partial charge on any atom is 0.218 e. The number of hydrogen-bond acceptors (Lipinski definition) is 3. The van der Waals surface area contributed by atoms with Gasteiger partial charge in [0.1, 0.15) is 0 Å². The Hall–Kier alpha value is -2.53. The van der Waals surface area contributed by atoms with Crippen LogP contribution < -0.4 is 4.90 Å².